The molecule has 62 valence electrons. The third kappa shape index (κ3) is 1.82. The number of rotatable bonds is 3. The fraction of sp³-hybridized carbons (Fsp3) is 0.667. The van der Waals surface area contributed by atoms with Crippen LogP contribution < -0.4 is 5.32 Å². The monoisotopic (exact) mass is 153 g/mol. The molecule has 11 heavy (non-hydrogen) atoms. The second-order valence-electron chi connectivity index (χ2n) is 3.56. The van der Waals surface area contributed by atoms with E-state index < -0.39 is 0 Å². The standard InChI is InChI=1S/C9H15NO/c1-4-7(2)10-8(11)9(3)5-6-9/h4,7H,1,5-6H2,2-3H3,(H,10,11). The number of hydrogen-bond donors (Lipinski definition) is 1. The van der Waals surface area contributed by atoms with Crippen LogP contribution in [-0.2, 0) is 4.79 Å². The summed E-state index contributed by atoms with van der Waals surface area (Å²) in [5.74, 6) is 0.171. The molecule has 1 N–H and O–H groups in total. The Balaban J connectivity index is 2.37. The van der Waals surface area contributed by atoms with Gasteiger partial charge in [-0.05, 0) is 19.8 Å². The van der Waals surface area contributed by atoms with E-state index in [-0.39, 0.29) is 17.4 Å². The van der Waals surface area contributed by atoms with Crippen LogP contribution >= 0.6 is 0 Å². The largest absolute Gasteiger partial charge is 0.350 e. The zero-order chi connectivity index (χ0) is 8.48. The number of carbonyl (C=O) groups excluding carboxylic acids is 1. The molecule has 1 atom stereocenters. The molecule has 2 heteroatoms. The second kappa shape index (κ2) is 2.68. The first-order valence-electron chi connectivity index (χ1n) is 4.02. The van der Waals surface area contributed by atoms with E-state index in [1.54, 1.807) is 6.08 Å². The van der Waals surface area contributed by atoms with E-state index in [0.717, 1.165) is 12.8 Å². The van der Waals surface area contributed by atoms with Crippen LogP contribution in [0.4, 0.5) is 0 Å². The van der Waals surface area contributed by atoms with Crippen molar-refractivity contribution in [3.8, 4) is 0 Å². The lowest BCUT2D eigenvalue weighted by Gasteiger charge is -2.12. The smallest absolute Gasteiger partial charge is 0.226 e. The molecule has 0 aromatic carbocycles. The van der Waals surface area contributed by atoms with Crippen molar-refractivity contribution in [3.05, 3.63) is 12.7 Å². The molecular weight excluding hydrogens is 138 g/mol. The third-order valence-corrected chi connectivity index (χ3v) is 2.26. The average Bonchev–Trinajstić information content (AvgIpc) is 2.69. The molecule has 0 aromatic heterocycles. The van der Waals surface area contributed by atoms with Crippen molar-refractivity contribution in [1.29, 1.82) is 0 Å². The molecule has 0 aromatic rings. The number of nitrogens with one attached hydrogen (secondary N) is 1. The van der Waals surface area contributed by atoms with Gasteiger partial charge in [0.15, 0.2) is 0 Å². The van der Waals surface area contributed by atoms with Gasteiger partial charge < -0.3 is 5.32 Å². The topological polar surface area (TPSA) is 29.1 Å². The van der Waals surface area contributed by atoms with Crippen molar-refractivity contribution in [2.24, 2.45) is 5.41 Å². The zero-order valence-electron chi connectivity index (χ0n) is 7.18. The summed E-state index contributed by atoms with van der Waals surface area (Å²) in [6, 6.07) is 0.0972. The minimum Gasteiger partial charge on any atom is -0.350 e. The van der Waals surface area contributed by atoms with Gasteiger partial charge in [-0.15, -0.1) is 6.58 Å². The Labute approximate surface area is 67.7 Å². The lowest BCUT2D eigenvalue weighted by molar-refractivity contribution is -0.126. The van der Waals surface area contributed by atoms with E-state index in [1.807, 2.05) is 13.8 Å². The molecule has 1 saturated carbocycles. The Morgan fingerprint density at radius 3 is 2.64 bits per heavy atom. The van der Waals surface area contributed by atoms with E-state index in [4.69, 9.17) is 0 Å². The highest BCUT2D eigenvalue weighted by Gasteiger charge is 2.44. The lowest BCUT2D eigenvalue weighted by atomic mass is 10.1. The van der Waals surface area contributed by atoms with E-state index in [1.165, 1.54) is 0 Å². The Morgan fingerprint density at radius 1 is 1.73 bits per heavy atom. The first kappa shape index (κ1) is 8.31. The average molecular weight is 153 g/mol. The van der Waals surface area contributed by atoms with E-state index >= 15 is 0 Å². The molecule has 1 aliphatic carbocycles. The van der Waals surface area contributed by atoms with Gasteiger partial charge in [0.1, 0.15) is 0 Å². The molecule has 0 spiro atoms. The molecule has 1 aliphatic rings. The van der Waals surface area contributed by atoms with Crippen LogP contribution in [0.2, 0.25) is 0 Å². The van der Waals surface area contributed by atoms with Crippen molar-refractivity contribution < 1.29 is 4.79 Å². The molecule has 0 aliphatic heterocycles. The van der Waals surface area contributed by atoms with Gasteiger partial charge in [0.05, 0.1) is 0 Å². The molecule has 2 nitrogen and oxygen atoms in total. The van der Waals surface area contributed by atoms with Crippen LogP contribution in [0, 0.1) is 5.41 Å². The van der Waals surface area contributed by atoms with Gasteiger partial charge in [0.25, 0.3) is 0 Å². The highest BCUT2D eigenvalue weighted by atomic mass is 16.2. The lowest BCUT2D eigenvalue weighted by Crippen LogP contribution is -2.35. The maximum Gasteiger partial charge on any atom is 0.226 e. The summed E-state index contributed by atoms with van der Waals surface area (Å²) in [6.07, 6.45) is 3.80. The van der Waals surface area contributed by atoms with Crippen molar-refractivity contribution in [2.75, 3.05) is 0 Å². The quantitative estimate of drug-likeness (QED) is 0.611. The van der Waals surface area contributed by atoms with Crippen LogP contribution in [0.15, 0.2) is 12.7 Å². The summed E-state index contributed by atoms with van der Waals surface area (Å²) in [7, 11) is 0. The zero-order valence-corrected chi connectivity index (χ0v) is 7.18. The Hall–Kier alpha value is -0.790. The Bertz CT molecular complexity index is 182. The maximum absolute atomic E-state index is 11.3. The number of carbonyl (C=O) groups is 1. The summed E-state index contributed by atoms with van der Waals surface area (Å²) in [6.45, 7) is 7.53. The third-order valence-electron chi connectivity index (χ3n) is 2.26. The van der Waals surface area contributed by atoms with Crippen LogP contribution in [0.25, 0.3) is 0 Å². The first-order valence-corrected chi connectivity index (χ1v) is 4.02. The van der Waals surface area contributed by atoms with Gasteiger partial charge in [-0.2, -0.15) is 0 Å². The summed E-state index contributed by atoms with van der Waals surface area (Å²) >= 11 is 0. The van der Waals surface area contributed by atoms with Crippen molar-refractivity contribution >= 4 is 5.91 Å². The normalized spacial score (nSPS) is 22.0. The van der Waals surface area contributed by atoms with Crippen LogP contribution in [0.3, 0.4) is 0 Å². The molecule has 1 unspecified atom stereocenters. The number of hydrogen-bond acceptors (Lipinski definition) is 1. The molecular formula is C9H15NO. The van der Waals surface area contributed by atoms with Gasteiger partial charge >= 0.3 is 0 Å². The van der Waals surface area contributed by atoms with Crippen LogP contribution in [0.5, 0.6) is 0 Å². The van der Waals surface area contributed by atoms with Gasteiger partial charge in [0.2, 0.25) is 5.91 Å². The predicted octanol–water partition coefficient (Wildman–Crippen LogP) is 1.48. The van der Waals surface area contributed by atoms with Gasteiger partial charge in [-0.3, -0.25) is 4.79 Å². The molecule has 0 bridgehead atoms. The molecule has 0 heterocycles. The predicted molar refractivity (Wildman–Crippen MR) is 45.1 cm³/mol. The minimum absolute atomic E-state index is 0.0583. The summed E-state index contributed by atoms with van der Waals surface area (Å²) in [5.41, 5.74) is -0.0583. The molecule has 1 rings (SSSR count). The minimum atomic E-state index is -0.0583. The highest BCUT2D eigenvalue weighted by Crippen LogP contribution is 2.45. The summed E-state index contributed by atoms with van der Waals surface area (Å²) in [4.78, 5) is 11.3. The second-order valence-corrected chi connectivity index (χ2v) is 3.56. The van der Waals surface area contributed by atoms with Gasteiger partial charge in [0, 0.05) is 11.5 Å². The highest BCUT2D eigenvalue weighted by molar-refractivity contribution is 5.85. The molecule has 0 radical (unpaired) electrons. The van der Waals surface area contributed by atoms with Crippen LogP contribution in [-0.4, -0.2) is 11.9 Å². The van der Waals surface area contributed by atoms with Crippen molar-refractivity contribution in [3.63, 3.8) is 0 Å². The maximum atomic E-state index is 11.3. The SMILES string of the molecule is C=CC(C)NC(=O)C1(C)CC1. The molecule has 1 fully saturated rings. The van der Waals surface area contributed by atoms with Crippen molar-refractivity contribution in [2.45, 2.75) is 32.7 Å². The molecule has 0 saturated heterocycles. The van der Waals surface area contributed by atoms with Gasteiger partial charge in [-0.1, -0.05) is 13.0 Å². The fourth-order valence-corrected chi connectivity index (χ4v) is 0.855. The van der Waals surface area contributed by atoms with E-state index in [2.05, 4.69) is 11.9 Å². The summed E-state index contributed by atoms with van der Waals surface area (Å²) < 4.78 is 0. The first-order chi connectivity index (χ1) is 5.08. The Morgan fingerprint density at radius 2 is 2.27 bits per heavy atom. The number of amides is 1. The van der Waals surface area contributed by atoms with Gasteiger partial charge in [-0.25, -0.2) is 0 Å². The van der Waals surface area contributed by atoms with Crippen LogP contribution in [0.1, 0.15) is 26.7 Å². The van der Waals surface area contributed by atoms with Crippen molar-refractivity contribution in [1.82, 2.24) is 5.32 Å². The Kier molecular flexibility index (Phi) is 2.03. The van der Waals surface area contributed by atoms with E-state index in [9.17, 15) is 4.79 Å². The van der Waals surface area contributed by atoms with E-state index in [0.29, 0.717) is 0 Å². The fourth-order valence-electron chi connectivity index (χ4n) is 0.855. The molecule has 1 amide bonds. The summed E-state index contributed by atoms with van der Waals surface area (Å²) in [5, 5.41) is 2.88.